The zero-order valence-corrected chi connectivity index (χ0v) is 8.97. The van der Waals surface area contributed by atoms with Crippen LogP contribution in [0.5, 0.6) is 0 Å². The van der Waals surface area contributed by atoms with E-state index in [0.29, 0.717) is 0 Å². The molecule has 0 spiro atoms. The largest absolute Gasteiger partial charge is 0.295 e. The van der Waals surface area contributed by atoms with Gasteiger partial charge in [0.05, 0.1) is 4.34 Å². The summed E-state index contributed by atoms with van der Waals surface area (Å²) in [7, 11) is -4.02. The van der Waals surface area contributed by atoms with Crippen molar-refractivity contribution in [2.75, 3.05) is 0 Å². The number of halogens is 2. The van der Waals surface area contributed by atoms with Gasteiger partial charge in [-0.1, -0.05) is 27.6 Å². The van der Waals surface area contributed by atoms with Crippen LogP contribution in [0.15, 0.2) is 15.4 Å². The molecule has 0 bridgehead atoms. The van der Waals surface area contributed by atoms with Gasteiger partial charge in [-0.25, -0.2) is 4.79 Å². The van der Waals surface area contributed by atoms with Crippen LogP contribution in [0.25, 0.3) is 0 Å². The van der Waals surface area contributed by atoms with Crippen molar-refractivity contribution < 1.29 is 13.2 Å². The van der Waals surface area contributed by atoms with Crippen LogP contribution >= 0.6 is 34.5 Å². The van der Waals surface area contributed by atoms with Crippen molar-refractivity contribution in [3.8, 4) is 0 Å². The Morgan fingerprint density at radius 1 is 1.46 bits per heavy atom. The SMILES string of the molecule is O=C=NS(=O)(=O)c1cc(Cl)sc1Cl. The number of isocyanates is 1. The van der Waals surface area contributed by atoms with Crippen LogP contribution in [-0.4, -0.2) is 14.5 Å². The van der Waals surface area contributed by atoms with Gasteiger partial charge in [-0.15, -0.1) is 11.3 Å². The molecule has 1 rings (SSSR count). The number of sulfonamides is 1. The fourth-order valence-corrected chi connectivity index (χ4v) is 3.41. The van der Waals surface area contributed by atoms with E-state index in [0.717, 1.165) is 23.5 Å². The van der Waals surface area contributed by atoms with Crippen LogP contribution in [0, 0.1) is 0 Å². The van der Waals surface area contributed by atoms with Crippen LogP contribution in [0.3, 0.4) is 0 Å². The maximum atomic E-state index is 11.1. The molecule has 0 radical (unpaired) electrons. The molecule has 0 atom stereocenters. The monoisotopic (exact) mass is 257 g/mol. The average Bonchev–Trinajstić information content (AvgIpc) is 2.30. The molecule has 70 valence electrons. The summed E-state index contributed by atoms with van der Waals surface area (Å²) in [6, 6.07) is 1.13. The molecule has 0 saturated carbocycles. The smallest absolute Gasteiger partial charge is 0.210 e. The van der Waals surface area contributed by atoms with Gasteiger partial charge in [0.2, 0.25) is 0 Å². The van der Waals surface area contributed by atoms with Gasteiger partial charge in [0.1, 0.15) is 9.23 Å². The number of carbonyl (C=O) groups excluding carboxylic acids is 1. The molecule has 1 aromatic heterocycles. The van der Waals surface area contributed by atoms with Gasteiger partial charge in [-0.2, -0.15) is 8.42 Å². The molecule has 0 amide bonds. The number of thiophene rings is 1. The predicted octanol–water partition coefficient (Wildman–Crippen LogP) is 2.08. The molecule has 0 aromatic carbocycles. The highest BCUT2D eigenvalue weighted by molar-refractivity contribution is 7.90. The Kier molecular flexibility index (Phi) is 3.10. The summed E-state index contributed by atoms with van der Waals surface area (Å²) in [4.78, 5) is 9.50. The lowest BCUT2D eigenvalue weighted by molar-refractivity contribution is 0.563. The summed E-state index contributed by atoms with van der Waals surface area (Å²) in [5.41, 5.74) is 0. The van der Waals surface area contributed by atoms with Gasteiger partial charge in [0, 0.05) is 0 Å². The van der Waals surface area contributed by atoms with Gasteiger partial charge >= 0.3 is 0 Å². The molecular weight excluding hydrogens is 257 g/mol. The molecule has 0 saturated heterocycles. The third-order valence-electron chi connectivity index (χ3n) is 1.06. The summed E-state index contributed by atoms with van der Waals surface area (Å²) in [5.74, 6) is 0. The first-order valence-electron chi connectivity index (χ1n) is 2.76. The first-order chi connectivity index (χ1) is 5.97. The minimum atomic E-state index is -4.02. The van der Waals surface area contributed by atoms with Gasteiger partial charge < -0.3 is 0 Å². The minimum absolute atomic E-state index is 0.0241. The average molecular weight is 258 g/mol. The van der Waals surface area contributed by atoms with E-state index in [4.69, 9.17) is 23.2 Å². The predicted molar refractivity (Wildman–Crippen MR) is 49.6 cm³/mol. The molecule has 8 heteroatoms. The molecule has 0 aliphatic carbocycles. The summed E-state index contributed by atoms with van der Waals surface area (Å²) in [6.45, 7) is 0. The van der Waals surface area contributed by atoms with E-state index in [1.807, 2.05) is 0 Å². The highest BCUT2D eigenvalue weighted by atomic mass is 35.5. The summed E-state index contributed by atoms with van der Waals surface area (Å²) >= 11 is 11.9. The second-order valence-electron chi connectivity index (χ2n) is 1.85. The highest BCUT2D eigenvalue weighted by Crippen LogP contribution is 2.34. The molecule has 1 aromatic rings. The van der Waals surface area contributed by atoms with Gasteiger partial charge in [-0.3, -0.25) is 0 Å². The summed E-state index contributed by atoms with van der Waals surface area (Å²) in [5, 5.41) is 0. The molecule has 0 aliphatic rings. The number of hydrogen-bond acceptors (Lipinski definition) is 4. The Morgan fingerprint density at radius 3 is 2.46 bits per heavy atom. The van der Waals surface area contributed by atoms with E-state index in [1.165, 1.54) is 0 Å². The van der Waals surface area contributed by atoms with Crippen LogP contribution in [-0.2, 0) is 14.8 Å². The highest BCUT2D eigenvalue weighted by Gasteiger charge is 2.19. The zero-order chi connectivity index (χ0) is 10.1. The second kappa shape index (κ2) is 3.77. The molecule has 1 heterocycles. The van der Waals surface area contributed by atoms with Gasteiger partial charge in [0.25, 0.3) is 16.1 Å². The van der Waals surface area contributed by atoms with Crippen molar-refractivity contribution in [1.29, 1.82) is 0 Å². The maximum absolute atomic E-state index is 11.1. The molecule has 0 N–H and O–H groups in total. The first kappa shape index (κ1) is 10.7. The van der Waals surface area contributed by atoms with Crippen molar-refractivity contribution in [1.82, 2.24) is 0 Å². The Balaban J connectivity index is 3.38. The molecule has 4 nitrogen and oxygen atoms in total. The van der Waals surface area contributed by atoms with Crippen molar-refractivity contribution in [2.45, 2.75) is 4.90 Å². The van der Waals surface area contributed by atoms with Crippen LogP contribution < -0.4 is 0 Å². The molecule has 0 unspecified atom stereocenters. The van der Waals surface area contributed by atoms with Crippen LogP contribution in [0.2, 0.25) is 8.67 Å². The second-order valence-corrected chi connectivity index (χ2v) is 5.70. The molecule has 0 aliphatic heterocycles. The Hall–Kier alpha value is -0.390. The van der Waals surface area contributed by atoms with Crippen LogP contribution in [0.4, 0.5) is 0 Å². The number of rotatable bonds is 2. The van der Waals surface area contributed by atoms with E-state index >= 15 is 0 Å². The lowest BCUT2D eigenvalue weighted by Gasteiger charge is -1.90. The first-order valence-corrected chi connectivity index (χ1v) is 5.77. The standard InChI is InChI=1S/C5HCl2NO3S2/c6-4-1-3(5(7)12-4)13(10,11)8-2-9/h1H. The molecular formula is C5HCl2NO3S2. The topological polar surface area (TPSA) is 63.6 Å². The lowest BCUT2D eigenvalue weighted by atomic mass is 10.7. The van der Waals surface area contributed by atoms with E-state index in [2.05, 4.69) is 4.40 Å². The third-order valence-corrected chi connectivity index (χ3v) is 3.98. The zero-order valence-electron chi connectivity index (χ0n) is 5.82. The van der Waals surface area contributed by atoms with Crippen molar-refractivity contribution in [2.24, 2.45) is 4.40 Å². The minimum Gasteiger partial charge on any atom is -0.210 e. The van der Waals surface area contributed by atoms with E-state index < -0.39 is 10.0 Å². The number of nitrogens with zero attached hydrogens (tertiary/aromatic N) is 1. The molecule has 13 heavy (non-hydrogen) atoms. The van der Waals surface area contributed by atoms with Crippen molar-refractivity contribution >= 4 is 50.6 Å². The van der Waals surface area contributed by atoms with Crippen molar-refractivity contribution in [3.05, 3.63) is 14.7 Å². The van der Waals surface area contributed by atoms with Crippen molar-refractivity contribution in [3.63, 3.8) is 0 Å². The third kappa shape index (κ3) is 2.30. The quantitative estimate of drug-likeness (QED) is 0.602. The summed E-state index contributed by atoms with van der Waals surface area (Å²) < 4.78 is 25.0. The van der Waals surface area contributed by atoms with Gasteiger partial charge in [0.15, 0.2) is 0 Å². The molecule has 0 fully saturated rings. The fourth-order valence-electron chi connectivity index (χ4n) is 0.599. The number of hydrogen-bond donors (Lipinski definition) is 0. The van der Waals surface area contributed by atoms with Crippen LogP contribution in [0.1, 0.15) is 0 Å². The van der Waals surface area contributed by atoms with E-state index in [-0.39, 0.29) is 13.6 Å². The Labute approximate surface area is 87.9 Å². The van der Waals surface area contributed by atoms with Gasteiger partial charge in [-0.05, 0) is 6.07 Å². The Bertz CT molecular complexity index is 472. The lowest BCUT2D eigenvalue weighted by Crippen LogP contribution is -1.94. The van der Waals surface area contributed by atoms with E-state index in [9.17, 15) is 13.2 Å². The fraction of sp³-hybridized carbons (Fsp3) is 0. The normalized spacial score (nSPS) is 10.9. The summed E-state index contributed by atoms with van der Waals surface area (Å²) in [6.07, 6.45) is 0.933. The maximum Gasteiger partial charge on any atom is 0.295 e. The van der Waals surface area contributed by atoms with E-state index in [1.54, 1.807) is 0 Å². The Morgan fingerprint density at radius 2 is 2.08 bits per heavy atom.